The Bertz CT molecular complexity index is 875. The van der Waals surface area contributed by atoms with E-state index in [9.17, 15) is 0 Å². The van der Waals surface area contributed by atoms with Gasteiger partial charge in [0.05, 0.1) is 0 Å². The fourth-order valence-electron chi connectivity index (χ4n) is 4.25. The van der Waals surface area contributed by atoms with Gasteiger partial charge in [-0.05, 0) is 64.8 Å². The maximum Gasteiger partial charge on any atom is 0.137 e. The molecular weight excluding hydrogens is 304 g/mol. The largest absolute Gasteiger partial charge is 0.346 e. The van der Waals surface area contributed by atoms with Gasteiger partial charge < -0.3 is 4.98 Å². The third-order valence-electron chi connectivity index (χ3n) is 6.54. The molecule has 0 amide bonds. The predicted molar refractivity (Wildman–Crippen MR) is 105 cm³/mol. The Morgan fingerprint density at radius 3 is 2.60 bits per heavy atom. The van der Waals surface area contributed by atoms with Crippen molar-refractivity contribution in [3.05, 3.63) is 65.5 Å². The highest BCUT2D eigenvalue weighted by atomic mass is 14.8. The number of nitrogens with one attached hydrogen (secondary N) is 1. The van der Waals surface area contributed by atoms with Crippen LogP contribution in [0.2, 0.25) is 0 Å². The van der Waals surface area contributed by atoms with E-state index < -0.39 is 0 Å². The number of fused-ring (bicyclic) bond motifs is 1. The van der Waals surface area contributed by atoms with Crippen molar-refractivity contribution in [1.29, 1.82) is 0 Å². The van der Waals surface area contributed by atoms with E-state index >= 15 is 0 Å². The molecule has 3 unspecified atom stereocenters. The quantitative estimate of drug-likeness (QED) is 0.604. The fourth-order valence-corrected chi connectivity index (χ4v) is 4.25. The van der Waals surface area contributed by atoms with Gasteiger partial charge in [0.2, 0.25) is 0 Å². The lowest BCUT2D eigenvalue weighted by Gasteiger charge is -2.16. The fraction of sp³-hybridized carbons (Fsp3) is 0.435. The summed E-state index contributed by atoms with van der Waals surface area (Å²) < 4.78 is 0. The summed E-state index contributed by atoms with van der Waals surface area (Å²) >= 11 is 0. The molecule has 0 aliphatic heterocycles. The number of benzene rings is 1. The molecule has 0 spiro atoms. The Morgan fingerprint density at radius 1 is 1.16 bits per heavy atom. The number of aromatic amines is 1. The first-order valence-corrected chi connectivity index (χ1v) is 9.50. The summed E-state index contributed by atoms with van der Waals surface area (Å²) in [5.41, 5.74) is 5.79. The Kier molecular flexibility index (Phi) is 3.94. The highest BCUT2D eigenvalue weighted by Crippen LogP contribution is 2.63. The van der Waals surface area contributed by atoms with Gasteiger partial charge in [-0.2, -0.15) is 0 Å². The minimum absolute atomic E-state index is 0.477. The van der Waals surface area contributed by atoms with Crippen LogP contribution in [-0.4, -0.2) is 9.97 Å². The first-order chi connectivity index (χ1) is 12.0. The third kappa shape index (κ3) is 2.88. The average Bonchev–Trinajstić information content (AvgIpc) is 3.13. The molecule has 1 aliphatic carbocycles. The number of hydrogen-bond donors (Lipinski definition) is 1. The molecule has 3 aromatic rings. The van der Waals surface area contributed by atoms with Crippen LogP contribution in [0.25, 0.3) is 11.0 Å². The van der Waals surface area contributed by atoms with E-state index in [1.165, 1.54) is 28.5 Å². The van der Waals surface area contributed by atoms with Gasteiger partial charge in [-0.3, -0.25) is 0 Å². The van der Waals surface area contributed by atoms with Crippen molar-refractivity contribution < 1.29 is 0 Å². The molecule has 1 saturated carbocycles. The zero-order valence-electron chi connectivity index (χ0n) is 15.7. The molecule has 2 heteroatoms. The smallest absolute Gasteiger partial charge is 0.137 e. The summed E-state index contributed by atoms with van der Waals surface area (Å²) in [6.45, 7) is 9.45. The number of nitrogens with zero attached hydrogens (tertiary/aromatic N) is 1. The zero-order chi connectivity index (χ0) is 17.6. The van der Waals surface area contributed by atoms with E-state index in [2.05, 4.69) is 74.2 Å². The van der Waals surface area contributed by atoms with Crippen LogP contribution in [0.1, 0.15) is 62.6 Å². The molecule has 0 saturated heterocycles. The van der Waals surface area contributed by atoms with Gasteiger partial charge in [0.15, 0.2) is 0 Å². The molecule has 1 aliphatic rings. The van der Waals surface area contributed by atoms with E-state index in [-0.39, 0.29) is 0 Å². The second-order valence-corrected chi connectivity index (χ2v) is 8.41. The topological polar surface area (TPSA) is 28.7 Å². The number of aromatic nitrogens is 2. The Morgan fingerprint density at radius 2 is 1.92 bits per heavy atom. The van der Waals surface area contributed by atoms with Crippen LogP contribution in [0, 0.1) is 11.3 Å². The monoisotopic (exact) mass is 332 g/mol. The lowest BCUT2D eigenvalue weighted by Crippen LogP contribution is -2.06. The number of hydrogen-bond acceptors (Lipinski definition) is 1. The molecule has 0 radical (unpaired) electrons. The van der Waals surface area contributed by atoms with Crippen molar-refractivity contribution in [2.24, 2.45) is 11.3 Å². The Balaban J connectivity index is 1.48. The summed E-state index contributed by atoms with van der Waals surface area (Å²) in [4.78, 5) is 7.70. The van der Waals surface area contributed by atoms with Crippen molar-refractivity contribution in [3.8, 4) is 0 Å². The van der Waals surface area contributed by atoms with E-state index in [1.54, 1.807) is 0 Å². The van der Waals surface area contributed by atoms with Gasteiger partial charge in [0.1, 0.15) is 5.65 Å². The molecule has 4 rings (SSSR count). The van der Waals surface area contributed by atoms with Crippen molar-refractivity contribution in [3.63, 3.8) is 0 Å². The molecule has 1 fully saturated rings. The molecule has 2 heterocycles. The number of H-pyrrole nitrogens is 1. The van der Waals surface area contributed by atoms with E-state index in [4.69, 9.17) is 0 Å². The SMILES string of the molecule is CC(Cc1ccc(C2CC2(C)C(C)C)cc1)c1c[nH]c2ncccc12. The molecule has 130 valence electrons. The lowest BCUT2D eigenvalue weighted by molar-refractivity contribution is 0.383. The van der Waals surface area contributed by atoms with Gasteiger partial charge in [0.25, 0.3) is 0 Å². The van der Waals surface area contributed by atoms with E-state index in [1.807, 2.05) is 12.3 Å². The maximum atomic E-state index is 4.40. The van der Waals surface area contributed by atoms with E-state index in [0.717, 1.165) is 23.9 Å². The Hall–Kier alpha value is -2.09. The molecule has 1 aromatic carbocycles. The number of rotatable bonds is 5. The van der Waals surface area contributed by atoms with Crippen molar-refractivity contribution in [1.82, 2.24) is 9.97 Å². The standard InChI is InChI=1S/C23H28N2/c1-15(2)23(4)13-21(23)18-9-7-17(8-10-18)12-16(3)20-14-25-22-19(20)6-5-11-24-22/h5-11,14-16,21H,12-13H2,1-4H3,(H,24,25). The minimum Gasteiger partial charge on any atom is -0.346 e. The Labute approximate surface area is 150 Å². The van der Waals surface area contributed by atoms with Crippen LogP contribution in [-0.2, 0) is 6.42 Å². The van der Waals surface area contributed by atoms with Crippen LogP contribution in [0.3, 0.4) is 0 Å². The molecular formula is C23H28N2. The molecule has 25 heavy (non-hydrogen) atoms. The average molecular weight is 332 g/mol. The van der Waals surface area contributed by atoms with E-state index in [0.29, 0.717) is 11.3 Å². The number of pyridine rings is 1. The van der Waals surface area contributed by atoms with Crippen molar-refractivity contribution in [2.45, 2.75) is 52.4 Å². The predicted octanol–water partition coefficient (Wildman–Crippen LogP) is 6.06. The van der Waals surface area contributed by atoms with Crippen LogP contribution >= 0.6 is 0 Å². The highest BCUT2D eigenvalue weighted by molar-refractivity contribution is 5.80. The zero-order valence-corrected chi connectivity index (χ0v) is 15.7. The van der Waals surface area contributed by atoms with Gasteiger partial charge in [0, 0.05) is 17.8 Å². The summed E-state index contributed by atoms with van der Waals surface area (Å²) in [6.07, 6.45) is 6.36. The molecule has 2 nitrogen and oxygen atoms in total. The molecule has 3 atom stereocenters. The summed E-state index contributed by atoms with van der Waals surface area (Å²) in [7, 11) is 0. The maximum absolute atomic E-state index is 4.40. The van der Waals surface area contributed by atoms with Crippen LogP contribution in [0.5, 0.6) is 0 Å². The second kappa shape index (κ2) is 6.01. The minimum atomic E-state index is 0.477. The van der Waals surface area contributed by atoms with Gasteiger partial charge in [-0.1, -0.05) is 52.0 Å². The van der Waals surface area contributed by atoms with Crippen molar-refractivity contribution in [2.75, 3.05) is 0 Å². The highest BCUT2D eigenvalue weighted by Gasteiger charge is 2.52. The van der Waals surface area contributed by atoms with Crippen LogP contribution in [0.15, 0.2) is 48.8 Å². The van der Waals surface area contributed by atoms with Gasteiger partial charge >= 0.3 is 0 Å². The van der Waals surface area contributed by atoms with Crippen LogP contribution < -0.4 is 0 Å². The summed E-state index contributed by atoms with van der Waals surface area (Å²) in [5, 5.41) is 1.25. The van der Waals surface area contributed by atoms with Crippen molar-refractivity contribution >= 4 is 11.0 Å². The summed E-state index contributed by atoms with van der Waals surface area (Å²) in [6, 6.07) is 13.6. The molecule has 1 N–H and O–H groups in total. The molecule has 0 bridgehead atoms. The van der Waals surface area contributed by atoms with Crippen LogP contribution in [0.4, 0.5) is 0 Å². The first kappa shape index (κ1) is 16.4. The lowest BCUT2D eigenvalue weighted by atomic mass is 9.89. The second-order valence-electron chi connectivity index (χ2n) is 8.41. The summed E-state index contributed by atoms with van der Waals surface area (Å²) in [5.74, 6) is 1.98. The normalized spacial score (nSPS) is 24.0. The molecule has 2 aromatic heterocycles. The first-order valence-electron chi connectivity index (χ1n) is 9.50. The third-order valence-corrected chi connectivity index (χ3v) is 6.54. The van der Waals surface area contributed by atoms with Gasteiger partial charge in [-0.25, -0.2) is 4.98 Å². The van der Waals surface area contributed by atoms with Gasteiger partial charge in [-0.15, -0.1) is 0 Å².